The van der Waals surface area contributed by atoms with Gasteiger partial charge in [0, 0.05) is 6.20 Å². The van der Waals surface area contributed by atoms with Crippen LogP contribution in [-0.4, -0.2) is 34.3 Å². The van der Waals surface area contributed by atoms with E-state index < -0.39 is 6.04 Å². The third-order valence-corrected chi connectivity index (χ3v) is 2.64. The van der Waals surface area contributed by atoms with Crippen LogP contribution in [0.1, 0.15) is 12.6 Å². The number of carbonyl (C=O) groups is 2. The van der Waals surface area contributed by atoms with Crippen LogP contribution < -0.4 is 5.32 Å². The normalized spacial score (nSPS) is 20.8. The summed E-state index contributed by atoms with van der Waals surface area (Å²) in [5.74, 6) is -0.187. The molecule has 1 unspecified atom stereocenters. The zero-order valence-corrected chi connectivity index (χ0v) is 9.01. The molecule has 0 bridgehead atoms. The minimum Gasteiger partial charge on any atom is -0.345 e. The molecule has 5 heteroatoms. The summed E-state index contributed by atoms with van der Waals surface area (Å²) in [5, 5.41) is 2.55. The number of carbonyl (C=O) groups excluding carboxylic acids is 2. The predicted octanol–water partition coefficient (Wildman–Crippen LogP) is -0.0715. The molecule has 1 atom stereocenters. The minimum absolute atomic E-state index is 0.0715. The Labute approximate surface area is 93.5 Å². The van der Waals surface area contributed by atoms with Crippen molar-refractivity contribution in [3.63, 3.8) is 0 Å². The van der Waals surface area contributed by atoms with Gasteiger partial charge in [-0.15, -0.1) is 0 Å². The Bertz CT molecular complexity index is 405. The van der Waals surface area contributed by atoms with Crippen LogP contribution >= 0.6 is 0 Å². The molecule has 2 rings (SSSR count). The van der Waals surface area contributed by atoms with Crippen LogP contribution in [0.5, 0.6) is 0 Å². The molecular weight excluding hydrogens is 206 g/mol. The number of rotatable bonds is 2. The van der Waals surface area contributed by atoms with Gasteiger partial charge in [0.15, 0.2) is 0 Å². The maximum Gasteiger partial charge on any atom is 0.242 e. The van der Waals surface area contributed by atoms with E-state index in [0.29, 0.717) is 6.54 Å². The Morgan fingerprint density at radius 1 is 1.50 bits per heavy atom. The molecule has 1 aromatic rings. The maximum absolute atomic E-state index is 11.6. The van der Waals surface area contributed by atoms with Gasteiger partial charge in [0.25, 0.3) is 0 Å². The predicted molar refractivity (Wildman–Crippen MR) is 57.3 cm³/mol. The highest BCUT2D eigenvalue weighted by atomic mass is 16.2. The molecule has 1 aliphatic heterocycles. The summed E-state index contributed by atoms with van der Waals surface area (Å²) in [5.41, 5.74) is 0.789. The van der Waals surface area contributed by atoms with Gasteiger partial charge in [-0.05, 0) is 19.1 Å². The van der Waals surface area contributed by atoms with Crippen LogP contribution in [0.3, 0.4) is 0 Å². The quantitative estimate of drug-likeness (QED) is 0.757. The second-order valence-corrected chi connectivity index (χ2v) is 3.74. The third-order valence-electron chi connectivity index (χ3n) is 2.64. The zero-order chi connectivity index (χ0) is 11.5. The molecule has 0 aromatic carbocycles. The second kappa shape index (κ2) is 4.30. The van der Waals surface area contributed by atoms with E-state index in [1.807, 2.05) is 18.2 Å². The number of pyridine rings is 1. The molecule has 2 amide bonds. The Hall–Kier alpha value is -1.91. The van der Waals surface area contributed by atoms with Gasteiger partial charge >= 0.3 is 0 Å². The largest absolute Gasteiger partial charge is 0.345 e. The standard InChI is InChI=1S/C11H13N3O2/c1-8-11(16)13-6-10(15)14(8)7-9-4-2-3-5-12-9/h2-5,8H,6-7H2,1H3,(H,13,16). The fourth-order valence-electron chi connectivity index (χ4n) is 1.66. The van der Waals surface area contributed by atoms with Crippen molar-refractivity contribution in [2.75, 3.05) is 6.54 Å². The summed E-state index contributed by atoms with van der Waals surface area (Å²) in [6.07, 6.45) is 1.68. The van der Waals surface area contributed by atoms with Crippen molar-refractivity contribution in [1.82, 2.24) is 15.2 Å². The number of amides is 2. The molecule has 1 saturated heterocycles. The van der Waals surface area contributed by atoms with E-state index in [1.165, 1.54) is 0 Å². The summed E-state index contributed by atoms with van der Waals surface area (Å²) in [4.78, 5) is 28.7. The van der Waals surface area contributed by atoms with Gasteiger partial charge in [-0.25, -0.2) is 0 Å². The topological polar surface area (TPSA) is 62.3 Å². The Morgan fingerprint density at radius 2 is 2.31 bits per heavy atom. The van der Waals surface area contributed by atoms with Crippen molar-refractivity contribution in [1.29, 1.82) is 0 Å². The van der Waals surface area contributed by atoms with Gasteiger partial charge in [0.1, 0.15) is 6.04 Å². The molecule has 0 radical (unpaired) electrons. The Balaban J connectivity index is 2.13. The van der Waals surface area contributed by atoms with Crippen molar-refractivity contribution in [2.24, 2.45) is 0 Å². The van der Waals surface area contributed by atoms with Crippen LogP contribution in [0.2, 0.25) is 0 Å². The first kappa shape index (κ1) is 10.6. The number of nitrogens with zero attached hydrogens (tertiary/aromatic N) is 2. The number of hydrogen-bond acceptors (Lipinski definition) is 3. The van der Waals surface area contributed by atoms with Gasteiger partial charge in [-0.3, -0.25) is 14.6 Å². The molecule has 0 spiro atoms. The zero-order valence-electron chi connectivity index (χ0n) is 9.01. The smallest absolute Gasteiger partial charge is 0.242 e. The molecule has 84 valence electrons. The molecule has 16 heavy (non-hydrogen) atoms. The molecule has 0 saturated carbocycles. The van der Waals surface area contributed by atoms with Crippen molar-refractivity contribution < 1.29 is 9.59 Å². The highest BCUT2D eigenvalue weighted by Gasteiger charge is 2.30. The lowest BCUT2D eigenvalue weighted by molar-refractivity contribution is -0.145. The highest BCUT2D eigenvalue weighted by Crippen LogP contribution is 2.09. The first-order valence-electron chi connectivity index (χ1n) is 5.15. The highest BCUT2D eigenvalue weighted by molar-refractivity contribution is 5.94. The van der Waals surface area contributed by atoms with E-state index in [1.54, 1.807) is 18.0 Å². The van der Waals surface area contributed by atoms with Gasteiger partial charge in [0.05, 0.1) is 18.8 Å². The summed E-state index contributed by atoms with van der Waals surface area (Å²) in [6.45, 7) is 2.18. The maximum atomic E-state index is 11.6. The SMILES string of the molecule is CC1C(=O)NCC(=O)N1Cc1ccccn1. The summed E-state index contributed by atoms with van der Waals surface area (Å²) in [6, 6.07) is 5.09. The molecular formula is C11H13N3O2. The summed E-state index contributed by atoms with van der Waals surface area (Å²) in [7, 11) is 0. The van der Waals surface area contributed by atoms with Crippen LogP contribution in [0.4, 0.5) is 0 Å². The van der Waals surface area contributed by atoms with E-state index in [9.17, 15) is 9.59 Å². The number of piperazine rings is 1. The van der Waals surface area contributed by atoms with Crippen LogP contribution in [-0.2, 0) is 16.1 Å². The minimum atomic E-state index is -0.428. The lowest BCUT2D eigenvalue weighted by Gasteiger charge is -2.32. The van der Waals surface area contributed by atoms with Gasteiger partial charge in [-0.1, -0.05) is 6.07 Å². The van der Waals surface area contributed by atoms with E-state index in [-0.39, 0.29) is 18.4 Å². The third kappa shape index (κ3) is 2.03. The average Bonchev–Trinajstić information content (AvgIpc) is 2.31. The van der Waals surface area contributed by atoms with Crippen molar-refractivity contribution in [3.05, 3.63) is 30.1 Å². The number of hydrogen-bond donors (Lipinski definition) is 1. The molecule has 1 aromatic heterocycles. The van der Waals surface area contributed by atoms with E-state index in [2.05, 4.69) is 10.3 Å². The lowest BCUT2D eigenvalue weighted by Crippen LogP contribution is -2.56. The Kier molecular flexibility index (Phi) is 2.85. The van der Waals surface area contributed by atoms with Crippen LogP contribution in [0.15, 0.2) is 24.4 Å². The van der Waals surface area contributed by atoms with E-state index in [0.717, 1.165) is 5.69 Å². The van der Waals surface area contributed by atoms with Crippen molar-refractivity contribution in [2.45, 2.75) is 19.5 Å². The average molecular weight is 219 g/mol. The fourth-order valence-corrected chi connectivity index (χ4v) is 1.66. The van der Waals surface area contributed by atoms with Crippen LogP contribution in [0.25, 0.3) is 0 Å². The molecule has 1 fully saturated rings. The van der Waals surface area contributed by atoms with Crippen molar-refractivity contribution >= 4 is 11.8 Å². The Morgan fingerprint density at radius 3 is 3.00 bits per heavy atom. The van der Waals surface area contributed by atoms with Gasteiger partial charge < -0.3 is 10.2 Å². The lowest BCUT2D eigenvalue weighted by atomic mass is 10.2. The monoisotopic (exact) mass is 219 g/mol. The molecule has 5 nitrogen and oxygen atoms in total. The van der Waals surface area contributed by atoms with E-state index in [4.69, 9.17) is 0 Å². The number of nitrogens with one attached hydrogen (secondary N) is 1. The second-order valence-electron chi connectivity index (χ2n) is 3.74. The first-order valence-corrected chi connectivity index (χ1v) is 5.15. The van der Waals surface area contributed by atoms with Crippen LogP contribution in [0, 0.1) is 0 Å². The van der Waals surface area contributed by atoms with Crippen molar-refractivity contribution in [3.8, 4) is 0 Å². The summed E-state index contributed by atoms with van der Waals surface area (Å²) >= 11 is 0. The molecule has 0 aliphatic carbocycles. The fraction of sp³-hybridized carbons (Fsp3) is 0.364. The number of aromatic nitrogens is 1. The molecule has 1 aliphatic rings. The van der Waals surface area contributed by atoms with Gasteiger partial charge in [-0.2, -0.15) is 0 Å². The summed E-state index contributed by atoms with van der Waals surface area (Å²) < 4.78 is 0. The molecule has 2 heterocycles. The van der Waals surface area contributed by atoms with E-state index >= 15 is 0 Å². The molecule has 1 N–H and O–H groups in total. The van der Waals surface area contributed by atoms with Gasteiger partial charge in [0.2, 0.25) is 11.8 Å². The first-order chi connectivity index (χ1) is 7.68.